The van der Waals surface area contributed by atoms with Gasteiger partial charge in [0, 0.05) is 24.0 Å². The number of carbonyl (C=O) groups is 1. The average molecular weight is 416 g/mol. The van der Waals surface area contributed by atoms with Gasteiger partial charge in [-0.15, -0.1) is 0 Å². The molecule has 148 valence electrons. The fourth-order valence-corrected chi connectivity index (χ4v) is 2.65. The number of halogens is 5. The standard InChI is InChI=1S/C17H14ClF4N5O/c1-9(5-26-6-10(18)3-23-26)17(28)25-11-4-24-27(7-11)8-12-13(19)2-14(20)16(22)15(12)21/h2-4,6-7,9H,5,8H2,1H3,(H,25,28). The van der Waals surface area contributed by atoms with Crippen LogP contribution in [-0.4, -0.2) is 25.5 Å². The van der Waals surface area contributed by atoms with Gasteiger partial charge in [0.1, 0.15) is 5.82 Å². The lowest BCUT2D eigenvalue weighted by Gasteiger charge is -2.11. The van der Waals surface area contributed by atoms with Gasteiger partial charge in [0.25, 0.3) is 0 Å². The summed E-state index contributed by atoms with van der Waals surface area (Å²) >= 11 is 5.77. The molecule has 1 amide bonds. The molecule has 1 aromatic carbocycles. The molecule has 11 heteroatoms. The fourth-order valence-electron chi connectivity index (χ4n) is 2.49. The molecule has 1 atom stereocenters. The molecule has 28 heavy (non-hydrogen) atoms. The van der Waals surface area contributed by atoms with Gasteiger partial charge in [0.15, 0.2) is 17.5 Å². The minimum absolute atomic E-state index is 0.267. The second-order valence-corrected chi connectivity index (χ2v) is 6.58. The first kappa shape index (κ1) is 19.9. The SMILES string of the molecule is CC(Cn1cc(Cl)cn1)C(=O)Nc1cnn(Cc2c(F)cc(F)c(F)c2F)c1. The molecule has 0 fully saturated rings. The third-order valence-electron chi connectivity index (χ3n) is 3.94. The largest absolute Gasteiger partial charge is 0.323 e. The van der Waals surface area contributed by atoms with E-state index in [1.54, 1.807) is 13.1 Å². The first-order valence-corrected chi connectivity index (χ1v) is 8.45. The summed E-state index contributed by atoms with van der Waals surface area (Å²) in [5.41, 5.74) is -0.400. The van der Waals surface area contributed by atoms with Crippen LogP contribution in [0, 0.1) is 29.2 Å². The maximum absolute atomic E-state index is 13.8. The maximum Gasteiger partial charge on any atom is 0.229 e. The molecule has 6 nitrogen and oxygen atoms in total. The summed E-state index contributed by atoms with van der Waals surface area (Å²) in [4.78, 5) is 12.2. The number of nitrogens with zero attached hydrogens (tertiary/aromatic N) is 4. The van der Waals surface area contributed by atoms with Gasteiger partial charge in [-0.05, 0) is 0 Å². The molecule has 0 radical (unpaired) electrons. The van der Waals surface area contributed by atoms with Crippen LogP contribution in [0.5, 0.6) is 0 Å². The lowest BCUT2D eigenvalue weighted by atomic mass is 10.1. The molecule has 3 aromatic rings. The third kappa shape index (κ3) is 4.33. The van der Waals surface area contributed by atoms with Crippen molar-refractivity contribution in [2.75, 3.05) is 5.32 Å². The number of carbonyl (C=O) groups excluding carboxylic acids is 1. The molecule has 2 aromatic heterocycles. The van der Waals surface area contributed by atoms with E-state index in [1.807, 2.05) is 0 Å². The molecule has 1 unspecified atom stereocenters. The Kier molecular flexibility index (Phi) is 5.68. The van der Waals surface area contributed by atoms with Crippen LogP contribution >= 0.6 is 11.6 Å². The number of benzene rings is 1. The summed E-state index contributed by atoms with van der Waals surface area (Å²) in [6.07, 6.45) is 5.61. The van der Waals surface area contributed by atoms with Crippen LogP contribution in [0.15, 0.2) is 30.9 Å². The van der Waals surface area contributed by atoms with Crippen LogP contribution in [0.4, 0.5) is 23.2 Å². The van der Waals surface area contributed by atoms with E-state index in [9.17, 15) is 22.4 Å². The molecule has 0 saturated heterocycles. The normalized spacial score (nSPS) is 12.2. The second-order valence-electron chi connectivity index (χ2n) is 6.14. The van der Waals surface area contributed by atoms with Gasteiger partial charge < -0.3 is 5.32 Å². The Bertz CT molecular complexity index is 1020. The summed E-state index contributed by atoms with van der Waals surface area (Å²) in [6.45, 7) is 1.49. The summed E-state index contributed by atoms with van der Waals surface area (Å²) in [5, 5.41) is 10.9. The number of hydrogen-bond acceptors (Lipinski definition) is 3. The van der Waals surface area contributed by atoms with Crippen LogP contribution in [0.1, 0.15) is 12.5 Å². The van der Waals surface area contributed by atoms with Gasteiger partial charge in [0.2, 0.25) is 5.91 Å². The molecular weight excluding hydrogens is 402 g/mol. The molecule has 0 aliphatic carbocycles. The molecule has 0 aliphatic rings. The highest BCUT2D eigenvalue weighted by Crippen LogP contribution is 2.20. The topological polar surface area (TPSA) is 64.7 Å². The van der Waals surface area contributed by atoms with E-state index in [0.717, 1.165) is 4.68 Å². The van der Waals surface area contributed by atoms with Crippen molar-refractivity contribution in [3.05, 3.63) is 64.7 Å². The third-order valence-corrected chi connectivity index (χ3v) is 4.14. The molecule has 0 spiro atoms. The maximum atomic E-state index is 13.8. The zero-order chi connectivity index (χ0) is 20.4. The number of aromatic nitrogens is 4. The summed E-state index contributed by atoms with van der Waals surface area (Å²) < 4.78 is 56.4. The lowest BCUT2D eigenvalue weighted by molar-refractivity contribution is -0.119. The highest BCUT2D eigenvalue weighted by molar-refractivity contribution is 6.30. The number of amides is 1. The van der Waals surface area contributed by atoms with Crippen LogP contribution in [0.2, 0.25) is 5.02 Å². The van der Waals surface area contributed by atoms with Gasteiger partial charge in [-0.1, -0.05) is 18.5 Å². The molecule has 2 heterocycles. The Morgan fingerprint density at radius 1 is 1.11 bits per heavy atom. The number of nitrogens with one attached hydrogen (secondary N) is 1. The lowest BCUT2D eigenvalue weighted by Crippen LogP contribution is -2.24. The van der Waals surface area contributed by atoms with Crippen molar-refractivity contribution in [2.24, 2.45) is 5.92 Å². The quantitative estimate of drug-likeness (QED) is 0.380. The van der Waals surface area contributed by atoms with Crippen molar-refractivity contribution in [1.29, 1.82) is 0 Å². The van der Waals surface area contributed by atoms with Crippen molar-refractivity contribution in [3.63, 3.8) is 0 Å². The zero-order valence-electron chi connectivity index (χ0n) is 14.5. The average Bonchev–Trinajstić information content (AvgIpc) is 3.25. The molecular formula is C17H14ClF4N5O. The Morgan fingerprint density at radius 2 is 1.82 bits per heavy atom. The fraction of sp³-hybridized carbons (Fsp3) is 0.235. The first-order chi connectivity index (χ1) is 13.2. The van der Waals surface area contributed by atoms with Crippen LogP contribution in [0.3, 0.4) is 0 Å². The van der Waals surface area contributed by atoms with Gasteiger partial charge in [-0.25, -0.2) is 17.6 Å². The van der Waals surface area contributed by atoms with Gasteiger partial charge in [-0.2, -0.15) is 10.2 Å². The van der Waals surface area contributed by atoms with Crippen molar-refractivity contribution in [3.8, 4) is 0 Å². The van der Waals surface area contributed by atoms with E-state index in [1.165, 1.54) is 23.3 Å². The van der Waals surface area contributed by atoms with Gasteiger partial charge in [-0.3, -0.25) is 14.2 Å². The van der Waals surface area contributed by atoms with Crippen molar-refractivity contribution in [2.45, 2.75) is 20.0 Å². The first-order valence-electron chi connectivity index (χ1n) is 8.07. The summed E-state index contributed by atoms with van der Waals surface area (Å²) in [5.74, 6) is -7.02. The molecule has 1 N–H and O–H groups in total. The van der Waals surface area contributed by atoms with Gasteiger partial charge >= 0.3 is 0 Å². The number of anilines is 1. The number of hydrogen-bond donors (Lipinski definition) is 1. The van der Waals surface area contributed by atoms with E-state index in [-0.39, 0.29) is 24.2 Å². The van der Waals surface area contributed by atoms with E-state index >= 15 is 0 Å². The Labute approximate surface area is 161 Å². The summed E-state index contributed by atoms with van der Waals surface area (Å²) in [7, 11) is 0. The monoisotopic (exact) mass is 415 g/mol. The predicted octanol–water partition coefficient (Wildman–Crippen LogP) is 3.61. The van der Waals surface area contributed by atoms with E-state index < -0.39 is 41.3 Å². The Hall–Kier alpha value is -2.88. The van der Waals surface area contributed by atoms with Crippen molar-refractivity contribution >= 4 is 23.2 Å². The van der Waals surface area contributed by atoms with Crippen LogP contribution in [-0.2, 0) is 17.9 Å². The van der Waals surface area contributed by atoms with E-state index in [2.05, 4.69) is 15.5 Å². The summed E-state index contributed by atoms with van der Waals surface area (Å²) in [6, 6.07) is 0.267. The molecule has 0 bridgehead atoms. The van der Waals surface area contributed by atoms with Crippen molar-refractivity contribution < 1.29 is 22.4 Å². The highest BCUT2D eigenvalue weighted by atomic mass is 35.5. The Morgan fingerprint density at radius 3 is 2.50 bits per heavy atom. The smallest absolute Gasteiger partial charge is 0.229 e. The molecule has 3 rings (SSSR count). The zero-order valence-corrected chi connectivity index (χ0v) is 15.2. The van der Waals surface area contributed by atoms with E-state index in [0.29, 0.717) is 5.02 Å². The molecule has 0 saturated carbocycles. The highest BCUT2D eigenvalue weighted by Gasteiger charge is 2.20. The van der Waals surface area contributed by atoms with Crippen LogP contribution < -0.4 is 5.32 Å². The van der Waals surface area contributed by atoms with E-state index in [4.69, 9.17) is 11.6 Å². The van der Waals surface area contributed by atoms with Gasteiger partial charge in [0.05, 0.1) is 42.1 Å². The van der Waals surface area contributed by atoms with Crippen molar-refractivity contribution in [1.82, 2.24) is 19.6 Å². The Balaban J connectivity index is 1.66. The minimum Gasteiger partial charge on any atom is -0.323 e. The second kappa shape index (κ2) is 8.01. The number of rotatable bonds is 6. The minimum atomic E-state index is -1.76. The predicted molar refractivity (Wildman–Crippen MR) is 92.6 cm³/mol. The molecule has 0 aliphatic heterocycles. The van der Waals surface area contributed by atoms with Crippen LogP contribution in [0.25, 0.3) is 0 Å².